The van der Waals surface area contributed by atoms with Gasteiger partial charge in [0.1, 0.15) is 0 Å². The van der Waals surface area contributed by atoms with Crippen LogP contribution in [0.5, 0.6) is 0 Å². The molecule has 4 nitrogen and oxygen atoms in total. The number of carbonyl (C=O) groups is 2. The van der Waals surface area contributed by atoms with Gasteiger partial charge in [0.2, 0.25) is 11.8 Å². The van der Waals surface area contributed by atoms with E-state index in [1.165, 1.54) is 0 Å². The summed E-state index contributed by atoms with van der Waals surface area (Å²) in [5.74, 6) is 0.716. The molecule has 2 aliphatic rings. The third-order valence-electron chi connectivity index (χ3n) is 3.24. The van der Waals surface area contributed by atoms with Gasteiger partial charge in [-0.05, 0) is 12.3 Å². The van der Waals surface area contributed by atoms with Crippen LogP contribution in [-0.4, -0.2) is 36.3 Å². The highest BCUT2D eigenvalue weighted by Gasteiger charge is 2.53. The first kappa shape index (κ1) is 10.5. The minimum Gasteiger partial charge on any atom is -0.356 e. The molecule has 15 heavy (non-hydrogen) atoms. The smallest absolute Gasteiger partial charge is 0.231 e. The van der Waals surface area contributed by atoms with Gasteiger partial charge in [-0.15, -0.1) is 0 Å². The van der Waals surface area contributed by atoms with E-state index in [9.17, 15) is 9.59 Å². The van der Waals surface area contributed by atoms with Crippen LogP contribution in [0.15, 0.2) is 0 Å². The fourth-order valence-corrected chi connectivity index (χ4v) is 2.55. The van der Waals surface area contributed by atoms with E-state index in [-0.39, 0.29) is 17.2 Å². The number of hydrogen-bond donors (Lipinski definition) is 1. The highest BCUT2D eigenvalue weighted by atomic mass is 16.2. The predicted octanol–water partition coefficient (Wildman–Crippen LogP) is 0.381. The van der Waals surface area contributed by atoms with Crippen molar-refractivity contribution in [3.63, 3.8) is 0 Å². The van der Waals surface area contributed by atoms with Gasteiger partial charge < -0.3 is 10.2 Å². The van der Waals surface area contributed by atoms with Crippen LogP contribution in [0.25, 0.3) is 0 Å². The average Bonchev–Trinajstić information content (AvgIpc) is 2.16. The normalized spacial score (nSPS) is 30.7. The van der Waals surface area contributed by atoms with Crippen molar-refractivity contribution in [1.82, 2.24) is 10.2 Å². The Morgan fingerprint density at radius 3 is 2.73 bits per heavy atom. The third-order valence-corrected chi connectivity index (χ3v) is 3.24. The summed E-state index contributed by atoms with van der Waals surface area (Å²) in [4.78, 5) is 25.1. The number of β-lactam (4-membered cyclic amide) rings is 1. The molecule has 1 unspecified atom stereocenters. The maximum absolute atomic E-state index is 12.0. The molecule has 1 N–H and O–H groups in total. The lowest BCUT2D eigenvalue weighted by Gasteiger charge is -2.50. The Labute approximate surface area is 90.0 Å². The second-order valence-electron chi connectivity index (χ2n) is 5.14. The largest absolute Gasteiger partial charge is 0.356 e. The van der Waals surface area contributed by atoms with Crippen LogP contribution in [0, 0.1) is 11.3 Å². The van der Waals surface area contributed by atoms with Crippen molar-refractivity contribution in [1.29, 1.82) is 0 Å². The maximum Gasteiger partial charge on any atom is 0.231 e. The van der Waals surface area contributed by atoms with Crippen molar-refractivity contribution in [2.45, 2.75) is 26.7 Å². The molecule has 0 aromatic carbocycles. The molecule has 0 aromatic heterocycles. The molecule has 2 heterocycles. The van der Waals surface area contributed by atoms with Crippen LogP contribution < -0.4 is 5.32 Å². The van der Waals surface area contributed by atoms with E-state index < -0.39 is 0 Å². The van der Waals surface area contributed by atoms with Gasteiger partial charge >= 0.3 is 0 Å². The summed E-state index contributed by atoms with van der Waals surface area (Å²) in [7, 11) is 0. The summed E-state index contributed by atoms with van der Waals surface area (Å²) in [5.41, 5.74) is -0.336. The van der Waals surface area contributed by atoms with Gasteiger partial charge in [-0.25, -0.2) is 0 Å². The molecule has 4 heteroatoms. The van der Waals surface area contributed by atoms with Crippen molar-refractivity contribution in [3.8, 4) is 0 Å². The number of nitrogens with zero attached hydrogens (tertiary/aromatic N) is 1. The molecule has 0 aromatic rings. The van der Waals surface area contributed by atoms with E-state index in [1.54, 1.807) is 0 Å². The number of carbonyl (C=O) groups excluding carboxylic acids is 2. The summed E-state index contributed by atoms with van der Waals surface area (Å²) < 4.78 is 0. The first-order valence-electron chi connectivity index (χ1n) is 5.60. The topological polar surface area (TPSA) is 49.4 Å². The minimum absolute atomic E-state index is 0.0267. The van der Waals surface area contributed by atoms with Gasteiger partial charge in [0.05, 0.1) is 5.41 Å². The second-order valence-corrected chi connectivity index (χ2v) is 5.14. The molecule has 2 aliphatic heterocycles. The lowest BCUT2D eigenvalue weighted by molar-refractivity contribution is -0.167. The van der Waals surface area contributed by atoms with Crippen LogP contribution >= 0.6 is 0 Å². The van der Waals surface area contributed by atoms with Crippen molar-refractivity contribution in [2.75, 3.05) is 19.6 Å². The number of nitrogens with one attached hydrogen (secondary N) is 1. The molecule has 0 bridgehead atoms. The van der Waals surface area contributed by atoms with E-state index in [0.717, 1.165) is 19.5 Å². The monoisotopic (exact) mass is 210 g/mol. The zero-order valence-electron chi connectivity index (χ0n) is 9.38. The molecule has 2 saturated heterocycles. The molecule has 84 valence electrons. The quantitative estimate of drug-likeness (QED) is 0.670. The highest BCUT2D eigenvalue weighted by molar-refractivity contribution is 5.94. The number of piperidine rings is 1. The Morgan fingerprint density at radius 2 is 2.20 bits per heavy atom. The molecule has 0 radical (unpaired) electrons. The van der Waals surface area contributed by atoms with Gasteiger partial charge in [-0.2, -0.15) is 0 Å². The second kappa shape index (κ2) is 3.51. The predicted molar refractivity (Wildman–Crippen MR) is 56.1 cm³/mol. The summed E-state index contributed by atoms with van der Waals surface area (Å²) in [6.45, 7) is 6.46. The maximum atomic E-state index is 12.0. The summed E-state index contributed by atoms with van der Waals surface area (Å²) in [5, 5.41) is 2.77. The Hall–Kier alpha value is -1.06. The van der Waals surface area contributed by atoms with E-state index in [4.69, 9.17) is 0 Å². The summed E-state index contributed by atoms with van der Waals surface area (Å²) in [6, 6.07) is 0. The molecule has 1 atom stereocenters. The fourth-order valence-electron chi connectivity index (χ4n) is 2.55. The van der Waals surface area contributed by atoms with Crippen molar-refractivity contribution in [3.05, 3.63) is 0 Å². The van der Waals surface area contributed by atoms with Gasteiger partial charge in [0.25, 0.3) is 0 Å². The first-order chi connectivity index (χ1) is 7.03. The first-order valence-corrected chi connectivity index (χ1v) is 5.60. The summed E-state index contributed by atoms with van der Waals surface area (Å²) >= 11 is 0. The van der Waals surface area contributed by atoms with E-state index in [1.807, 2.05) is 4.90 Å². The number of rotatable bonds is 2. The lowest BCUT2D eigenvalue weighted by atomic mass is 9.71. The number of amides is 2. The van der Waals surface area contributed by atoms with E-state index in [2.05, 4.69) is 19.2 Å². The highest BCUT2D eigenvalue weighted by Crippen LogP contribution is 2.40. The third kappa shape index (κ3) is 1.73. The van der Waals surface area contributed by atoms with Crippen molar-refractivity contribution >= 4 is 11.8 Å². The fraction of sp³-hybridized carbons (Fsp3) is 0.818. The van der Waals surface area contributed by atoms with Crippen molar-refractivity contribution in [2.24, 2.45) is 11.3 Å². The number of likely N-dealkylation sites (tertiary alicyclic amines) is 1. The lowest BCUT2D eigenvalue weighted by Crippen LogP contribution is -2.65. The molecule has 2 rings (SSSR count). The van der Waals surface area contributed by atoms with E-state index >= 15 is 0 Å². The standard InChI is InChI=1S/C11H18N2O2/c1-8(2)6-13-7-11(10(13)15)3-4-12-9(14)5-11/h8H,3-7H2,1-2H3,(H,12,14). The Morgan fingerprint density at radius 1 is 1.47 bits per heavy atom. The van der Waals surface area contributed by atoms with Gasteiger partial charge in [-0.3, -0.25) is 9.59 Å². The molecule has 2 fully saturated rings. The zero-order valence-corrected chi connectivity index (χ0v) is 9.38. The van der Waals surface area contributed by atoms with Gasteiger partial charge in [-0.1, -0.05) is 13.8 Å². The Balaban J connectivity index is 1.97. The molecule has 0 saturated carbocycles. The molecule has 0 aliphatic carbocycles. The Bertz CT molecular complexity index is 301. The van der Waals surface area contributed by atoms with Crippen LogP contribution in [0.4, 0.5) is 0 Å². The van der Waals surface area contributed by atoms with E-state index in [0.29, 0.717) is 18.9 Å². The van der Waals surface area contributed by atoms with Crippen LogP contribution in [-0.2, 0) is 9.59 Å². The van der Waals surface area contributed by atoms with Crippen molar-refractivity contribution < 1.29 is 9.59 Å². The number of hydrogen-bond acceptors (Lipinski definition) is 2. The summed E-state index contributed by atoms with van der Waals surface area (Å²) in [6.07, 6.45) is 1.20. The molecular weight excluding hydrogens is 192 g/mol. The molecular formula is C11H18N2O2. The molecule has 1 spiro atoms. The van der Waals surface area contributed by atoms with Crippen LogP contribution in [0.2, 0.25) is 0 Å². The minimum atomic E-state index is -0.336. The van der Waals surface area contributed by atoms with Crippen LogP contribution in [0.3, 0.4) is 0 Å². The Kier molecular flexibility index (Phi) is 2.44. The molecule has 2 amide bonds. The van der Waals surface area contributed by atoms with Crippen LogP contribution in [0.1, 0.15) is 26.7 Å². The zero-order chi connectivity index (χ0) is 11.1. The van der Waals surface area contributed by atoms with Gasteiger partial charge in [0.15, 0.2) is 0 Å². The average molecular weight is 210 g/mol. The SMILES string of the molecule is CC(C)CN1CC2(CCNC(=O)C2)C1=O. The van der Waals surface area contributed by atoms with Gasteiger partial charge in [0, 0.05) is 26.1 Å².